The third-order valence-electron chi connectivity index (χ3n) is 3.48. The number of aryl methyl sites for hydroxylation is 1. The molecule has 112 valence electrons. The summed E-state index contributed by atoms with van der Waals surface area (Å²) in [6.07, 6.45) is 6.30. The Balaban J connectivity index is 1.80. The highest BCUT2D eigenvalue weighted by atomic mass is 32.1. The first-order valence-corrected chi connectivity index (χ1v) is 8.08. The molecule has 0 radical (unpaired) electrons. The van der Waals surface area contributed by atoms with E-state index in [0.29, 0.717) is 5.13 Å². The van der Waals surface area contributed by atoms with E-state index in [9.17, 15) is 9.90 Å². The fraction of sp³-hybridized carbons (Fsp3) is 0.769. The predicted molar refractivity (Wildman–Crippen MR) is 78.9 cm³/mol. The molecule has 2 rings (SSSR count). The van der Waals surface area contributed by atoms with Crippen LogP contribution in [0.5, 0.6) is 0 Å². The van der Waals surface area contributed by atoms with Crippen LogP contribution in [0, 0.1) is 0 Å². The molecule has 7 heteroatoms. The molecule has 1 aliphatic carbocycles. The third-order valence-corrected chi connectivity index (χ3v) is 4.38. The Bertz CT molecular complexity index is 438. The number of carbonyl (C=O) groups is 1. The van der Waals surface area contributed by atoms with Gasteiger partial charge in [-0.25, -0.2) is 4.79 Å². The number of aliphatic hydroxyl groups excluding tert-OH is 1. The largest absolute Gasteiger partial charge is 0.391 e. The van der Waals surface area contributed by atoms with Crippen molar-refractivity contribution in [1.29, 1.82) is 0 Å². The van der Waals surface area contributed by atoms with Crippen molar-refractivity contribution in [3.63, 3.8) is 0 Å². The summed E-state index contributed by atoms with van der Waals surface area (Å²) in [5.74, 6) is 0. The molecule has 1 heterocycles. The number of nitrogens with one attached hydrogen (secondary N) is 2. The number of unbranched alkanes of at least 4 members (excludes halogenated alkanes) is 1. The van der Waals surface area contributed by atoms with Gasteiger partial charge in [-0.15, -0.1) is 10.2 Å². The van der Waals surface area contributed by atoms with E-state index in [2.05, 4.69) is 27.8 Å². The maximum absolute atomic E-state index is 11.9. The van der Waals surface area contributed by atoms with Crippen molar-refractivity contribution in [3.8, 4) is 0 Å². The lowest BCUT2D eigenvalue weighted by molar-refractivity contribution is 0.0955. The number of nitrogens with zero attached hydrogens (tertiary/aromatic N) is 2. The van der Waals surface area contributed by atoms with E-state index in [0.717, 1.165) is 50.0 Å². The zero-order chi connectivity index (χ0) is 14.4. The minimum absolute atomic E-state index is 0.156. The average Bonchev–Trinajstić information content (AvgIpc) is 2.86. The van der Waals surface area contributed by atoms with Crippen LogP contribution in [0.3, 0.4) is 0 Å². The first-order chi connectivity index (χ1) is 9.69. The van der Waals surface area contributed by atoms with Crippen LogP contribution < -0.4 is 10.6 Å². The smallest absolute Gasteiger partial charge is 0.321 e. The van der Waals surface area contributed by atoms with Crippen molar-refractivity contribution in [2.75, 3.05) is 5.32 Å². The molecule has 2 unspecified atom stereocenters. The van der Waals surface area contributed by atoms with Gasteiger partial charge in [0.15, 0.2) is 0 Å². The topological polar surface area (TPSA) is 87.1 Å². The first kappa shape index (κ1) is 15.2. The quantitative estimate of drug-likeness (QED) is 0.778. The summed E-state index contributed by atoms with van der Waals surface area (Å²) in [5.41, 5.74) is 0. The van der Waals surface area contributed by atoms with Crippen molar-refractivity contribution in [2.45, 2.75) is 64.0 Å². The van der Waals surface area contributed by atoms with Crippen molar-refractivity contribution < 1.29 is 9.90 Å². The van der Waals surface area contributed by atoms with Crippen LogP contribution in [-0.4, -0.2) is 33.5 Å². The minimum Gasteiger partial charge on any atom is -0.391 e. The van der Waals surface area contributed by atoms with Gasteiger partial charge in [0, 0.05) is 6.42 Å². The minimum atomic E-state index is -0.441. The second kappa shape index (κ2) is 7.54. The summed E-state index contributed by atoms with van der Waals surface area (Å²) in [6.45, 7) is 2.13. The SMILES string of the molecule is CCCCc1nnc(NC(=O)NC2CCCCC2O)s1. The number of rotatable bonds is 5. The Morgan fingerprint density at radius 1 is 1.40 bits per heavy atom. The van der Waals surface area contributed by atoms with Crippen LogP contribution in [0.25, 0.3) is 0 Å². The summed E-state index contributed by atoms with van der Waals surface area (Å²) in [6, 6.07) is -0.467. The average molecular weight is 298 g/mol. The number of hydrogen-bond donors (Lipinski definition) is 3. The van der Waals surface area contributed by atoms with E-state index in [-0.39, 0.29) is 12.1 Å². The molecule has 3 N–H and O–H groups in total. The van der Waals surface area contributed by atoms with Gasteiger partial charge in [0.05, 0.1) is 12.1 Å². The van der Waals surface area contributed by atoms with Gasteiger partial charge in [0.1, 0.15) is 5.01 Å². The van der Waals surface area contributed by atoms with E-state index in [1.165, 1.54) is 11.3 Å². The molecule has 0 spiro atoms. The molecular weight excluding hydrogens is 276 g/mol. The lowest BCUT2D eigenvalue weighted by Gasteiger charge is -2.28. The highest BCUT2D eigenvalue weighted by molar-refractivity contribution is 7.15. The number of amides is 2. The molecule has 2 amide bonds. The number of hydrogen-bond acceptors (Lipinski definition) is 5. The van der Waals surface area contributed by atoms with E-state index in [1.807, 2.05) is 0 Å². The van der Waals surface area contributed by atoms with Gasteiger partial charge in [0.25, 0.3) is 0 Å². The van der Waals surface area contributed by atoms with E-state index < -0.39 is 6.10 Å². The van der Waals surface area contributed by atoms with Crippen LogP contribution in [0.1, 0.15) is 50.5 Å². The zero-order valence-electron chi connectivity index (χ0n) is 11.8. The Morgan fingerprint density at radius 3 is 2.95 bits per heavy atom. The van der Waals surface area contributed by atoms with Gasteiger partial charge < -0.3 is 10.4 Å². The summed E-state index contributed by atoms with van der Waals surface area (Å²) in [4.78, 5) is 11.9. The molecule has 1 saturated carbocycles. The normalized spacial score (nSPS) is 22.5. The second-order valence-electron chi connectivity index (χ2n) is 5.16. The number of aromatic nitrogens is 2. The zero-order valence-corrected chi connectivity index (χ0v) is 12.6. The van der Waals surface area contributed by atoms with Crippen molar-refractivity contribution >= 4 is 22.5 Å². The monoisotopic (exact) mass is 298 g/mol. The van der Waals surface area contributed by atoms with Crippen LogP contribution in [0.2, 0.25) is 0 Å². The number of anilines is 1. The summed E-state index contributed by atoms with van der Waals surface area (Å²) >= 11 is 1.41. The molecule has 1 fully saturated rings. The Morgan fingerprint density at radius 2 is 2.20 bits per heavy atom. The standard InChI is InChI=1S/C13H22N4O2S/c1-2-3-8-11-16-17-13(20-11)15-12(19)14-9-6-4-5-7-10(9)18/h9-10,18H,2-8H2,1H3,(H2,14,15,17,19). The molecule has 1 aromatic heterocycles. The van der Waals surface area contributed by atoms with Gasteiger partial charge in [-0.05, 0) is 19.3 Å². The lowest BCUT2D eigenvalue weighted by Crippen LogP contribution is -2.46. The molecule has 20 heavy (non-hydrogen) atoms. The highest BCUT2D eigenvalue weighted by Gasteiger charge is 2.24. The fourth-order valence-electron chi connectivity index (χ4n) is 2.31. The molecule has 6 nitrogen and oxygen atoms in total. The van der Waals surface area contributed by atoms with E-state index in [4.69, 9.17) is 0 Å². The molecule has 2 atom stereocenters. The van der Waals surface area contributed by atoms with Crippen molar-refractivity contribution in [1.82, 2.24) is 15.5 Å². The molecule has 0 saturated heterocycles. The van der Waals surface area contributed by atoms with E-state index >= 15 is 0 Å². The van der Waals surface area contributed by atoms with Gasteiger partial charge in [-0.3, -0.25) is 5.32 Å². The van der Waals surface area contributed by atoms with E-state index in [1.54, 1.807) is 0 Å². The Labute approximate surface area is 123 Å². The molecule has 0 aliphatic heterocycles. The van der Waals surface area contributed by atoms with Gasteiger partial charge in [-0.2, -0.15) is 0 Å². The second-order valence-corrected chi connectivity index (χ2v) is 6.22. The Hall–Kier alpha value is -1.21. The maximum Gasteiger partial charge on any atom is 0.321 e. The number of urea groups is 1. The molecular formula is C13H22N4O2S. The van der Waals surface area contributed by atoms with Crippen LogP contribution in [0.4, 0.5) is 9.93 Å². The maximum atomic E-state index is 11.9. The van der Waals surface area contributed by atoms with Crippen LogP contribution >= 0.6 is 11.3 Å². The first-order valence-electron chi connectivity index (χ1n) is 7.27. The molecule has 0 bridgehead atoms. The van der Waals surface area contributed by atoms with Crippen molar-refractivity contribution in [2.24, 2.45) is 0 Å². The Kier molecular flexibility index (Phi) is 5.72. The summed E-state index contributed by atoms with van der Waals surface area (Å²) in [7, 11) is 0. The van der Waals surface area contributed by atoms with Crippen LogP contribution in [-0.2, 0) is 6.42 Å². The summed E-state index contributed by atoms with van der Waals surface area (Å²) < 4.78 is 0. The van der Waals surface area contributed by atoms with Crippen molar-refractivity contribution in [3.05, 3.63) is 5.01 Å². The van der Waals surface area contributed by atoms with Gasteiger partial charge >= 0.3 is 6.03 Å². The number of aliphatic hydroxyl groups is 1. The third kappa shape index (κ3) is 4.42. The number of carbonyl (C=O) groups excluding carboxylic acids is 1. The summed E-state index contributed by atoms with van der Waals surface area (Å²) in [5, 5.41) is 24.8. The van der Waals surface area contributed by atoms with Crippen LogP contribution in [0.15, 0.2) is 0 Å². The molecule has 0 aromatic carbocycles. The predicted octanol–water partition coefficient (Wildman–Crippen LogP) is 2.31. The lowest BCUT2D eigenvalue weighted by atomic mass is 9.93. The fourth-order valence-corrected chi connectivity index (χ4v) is 3.09. The highest BCUT2D eigenvalue weighted by Crippen LogP contribution is 2.19. The van der Waals surface area contributed by atoms with Gasteiger partial charge in [0.2, 0.25) is 5.13 Å². The van der Waals surface area contributed by atoms with Gasteiger partial charge in [-0.1, -0.05) is 37.5 Å². The molecule has 1 aliphatic rings. The molecule has 1 aromatic rings.